The third-order valence-corrected chi connectivity index (χ3v) is 4.24. The lowest BCUT2D eigenvalue weighted by Gasteiger charge is -2.42. The molecule has 0 radical (unpaired) electrons. The average molecular weight is 226 g/mol. The number of ether oxygens (including phenoxy) is 2. The van der Waals surface area contributed by atoms with Gasteiger partial charge in [-0.15, -0.1) is 0 Å². The Morgan fingerprint density at radius 2 is 1.44 bits per heavy atom. The van der Waals surface area contributed by atoms with Gasteiger partial charge in [-0.25, -0.2) is 0 Å². The molecule has 94 valence electrons. The molecule has 0 aromatic rings. The van der Waals surface area contributed by atoms with Crippen molar-refractivity contribution in [2.45, 2.75) is 65.1 Å². The van der Waals surface area contributed by atoms with E-state index in [0.29, 0.717) is 5.41 Å². The zero-order valence-corrected chi connectivity index (χ0v) is 11.1. The lowest BCUT2D eigenvalue weighted by atomic mass is 9.71. The van der Waals surface area contributed by atoms with Crippen LogP contribution in [-0.4, -0.2) is 19.0 Å². The van der Waals surface area contributed by atoms with Gasteiger partial charge in [-0.1, -0.05) is 20.8 Å². The van der Waals surface area contributed by atoms with Gasteiger partial charge in [0.25, 0.3) is 0 Å². The van der Waals surface area contributed by atoms with E-state index in [-0.39, 0.29) is 5.79 Å². The highest BCUT2D eigenvalue weighted by Gasteiger charge is 2.40. The van der Waals surface area contributed by atoms with Gasteiger partial charge >= 0.3 is 0 Å². The molecule has 1 spiro atoms. The molecule has 2 nitrogen and oxygen atoms in total. The van der Waals surface area contributed by atoms with Crippen LogP contribution in [0.4, 0.5) is 0 Å². The molecule has 1 aliphatic heterocycles. The summed E-state index contributed by atoms with van der Waals surface area (Å²) in [5, 5.41) is 0. The van der Waals surface area contributed by atoms with Crippen molar-refractivity contribution in [2.24, 2.45) is 11.3 Å². The van der Waals surface area contributed by atoms with Crippen molar-refractivity contribution in [1.29, 1.82) is 0 Å². The van der Waals surface area contributed by atoms with E-state index in [4.69, 9.17) is 9.47 Å². The zero-order valence-electron chi connectivity index (χ0n) is 11.1. The topological polar surface area (TPSA) is 18.5 Å². The van der Waals surface area contributed by atoms with Crippen molar-refractivity contribution >= 4 is 0 Å². The van der Waals surface area contributed by atoms with E-state index in [0.717, 1.165) is 44.8 Å². The predicted octanol–water partition coefficient (Wildman–Crippen LogP) is 3.75. The fourth-order valence-corrected chi connectivity index (χ4v) is 2.97. The molecule has 2 heteroatoms. The lowest BCUT2D eigenvalue weighted by molar-refractivity contribution is -0.247. The highest BCUT2D eigenvalue weighted by atomic mass is 16.7. The minimum atomic E-state index is -0.210. The molecule has 1 saturated heterocycles. The van der Waals surface area contributed by atoms with Crippen molar-refractivity contribution in [3.05, 3.63) is 0 Å². The quantitative estimate of drug-likeness (QED) is 0.626. The first-order valence-electron chi connectivity index (χ1n) is 6.80. The molecular weight excluding hydrogens is 200 g/mol. The Morgan fingerprint density at radius 1 is 0.938 bits per heavy atom. The van der Waals surface area contributed by atoms with Crippen LogP contribution in [0.15, 0.2) is 0 Å². The molecule has 0 N–H and O–H groups in total. The second-order valence-electron chi connectivity index (χ2n) is 6.46. The molecule has 1 heterocycles. The molecular formula is C14H26O2. The highest BCUT2D eigenvalue weighted by Crippen LogP contribution is 2.43. The van der Waals surface area contributed by atoms with Crippen molar-refractivity contribution in [3.63, 3.8) is 0 Å². The molecule has 0 atom stereocenters. The SMILES string of the molecule is CC(C)(C)C1CCC2(CC1)OCCCCO2. The molecule has 1 saturated carbocycles. The van der Waals surface area contributed by atoms with Crippen LogP contribution in [0.1, 0.15) is 59.3 Å². The summed E-state index contributed by atoms with van der Waals surface area (Å²) in [5.41, 5.74) is 0.437. The number of rotatable bonds is 0. The summed E-state index contributed by atoms with van der Waals surface area (Å²) >= 11 is 0. The normalized spacial score (nSPS) is 27.9. The minimum absolute atomic E-state index is 0.210. The number of hydrogen-bond acceptors (Lipinski definition) is 2. The summed E-state index contributed by atoms with van der Waals surface area (Å²) in [6.07, 6.45) is 7.01. The molecule has 0 aromatic heterocycles. The monoisotopic (exact) mass is 226 g/mol. The van der Waals surface area contributed by atoms with Gasteiger partial charge in [0.1, 0.15) is 0 Å². The van der Waals surface area contributed by atoms with E-state index < -0.39 is 0 Å². The molecule has 2 fully saturated rings. The van der Waals surface area contributed by atoms with Gasteiger partial charge in [0.15, 0.2) is 5.79 Å². The van der Waals surface area contributed by atoms with Gasteiger partial charge in [0.2, 0.25) is 0 Å². The van der Waals surface area contributed by atoms with Gasteiger partial charge < -0.3 is 9.47 Å². The van der Waals surface area contributed by atoms with Crippen LogP contribution in [-0.2, 0) is 9.47 Å². The van der Waals surface area contributed by atoms with Crippen LogP contribution in [0.2, 0.25) is 0 Å². The van der Waals surface area contributed by atoms with Gasteiger partial charge in [0.05, 0.1) is 13.2 Å². The summed E-state index contributed by atoms with van der Waals surface area (Å²) in [7, 11) is 0. The van der Waals surface area contributed by atoms with Crippen molar-refractivity contribution in [1.82, 2.24) is 0 Å². The molecule has 0 bridgehead atoms. The van der Waals surface area contributed by atoms with Crippen molar-refractivity contribution < 1.29 is 9.47 Å². The Hall–Kier alpha value is -0.0800. The lowest BCUT2D eigenvalue weighted by Crippen LogP contribution is -2.41. The number of hydrogen-bond donors (Lipinski definition) is 0. The third-order valence-electron chi connectivity index (χ3n) is 4.24. The van der Waals surface area contributed by atoms with Crippen LogP contribution >= 0.6 is 0 Å². The van der Waals surface area contributed by atoms with E-state index in [2.05, 4.69) is 20.8 Å². The van der Waals surface area contributed by atoms with Crippen LogP contribution < -0.4 is 0 Å². The van der Waals surface area contributed by atoms with Crippen molar-refractivity contribution in [3.8, 4) is 0 Å². The smallest absolute Gasteiger partial charge is 0.168 e. The molecule has 0 unspecified atom stereocenters. The van der Waals surface area contributed by atoms with Crippen molar-refractivity contribution in [2.75, 3.05) is 13.2 Å². The Balaban J connectivity index is 1.92. The molecule has 0 amide bonds. The Kier molecular flexibility index (Phi) is 3.60. The zero-order chi connectivity index (χ0) is 11.6. The summed E-state index contributed by atoms with van der Waals surface area (Å²) in [6, 6.07) is 0. The molecule has 16 heavy (non-hydrogen) atoms. The van der Waals surface area contributed by atoms with Gasteiger partial charge in [0, 0.05) is 12.8 Å². The maximum absolute atomic E-state index is 5.97. The first kappa shape index (κ1) is 12.4. The van der Waals surface area contributed by atoms with E-state index in [1.54, 1.807) is 0 Å². The van der Waals surface area contributed by atoms with Crippen LogP contribution in [0.3, 0.4) is 0 Å². The fraction of sp³-hybridized carbons (Fsp3) is 1.00. The minimum Gasteiger partial charge on any atom is -0.350 e. The third kappa shape index (κ3) is 2.78. The maximum atomic E-state index is 5.97. The Bertz CT molecular complexity index is 211. The van der Waals surface area contributed by atoms with Crippen LogP contribution in [0.5, 0.6) is 0 Å². The summed E-state index contributed by atoms with van der Waals surface area (Å²) in [4.78, 5) is 0. The van der Waals surface area contributed by atoms with E-state index in [1.165, 1.54) is 12.8 Å². The fourth-order valence-electron chi connectivity index (χ4n) is 2.97. The van der Waals surface area contributed by atoms with Gasteiger partial charge in [-0.2, -0.15) is 0 Å². The van der Waals surface area contributed by atoms with E-state index >= 15 is 0 Å². The molecule has 0 aromatic carbocycles. The maximum Gasteiger partial charge on any atom is 0.168 e. The first-order valence-corrected chi connectivity index (χ1v) is 6.80. The van der Waals surface area contributed by atoms with Gasteiger partial charge in [-0.05, 0) is 37.0 Å². The summed E-state index contributed by atoms with van der Waals surface area (Å²) in [6.45, 7) is 8.83. The summed E-state index contributed by atoms with van der Waals surface area (Å²) in [5.74, 6) is 0.617. The van der Waals surface area contributed by atoms with Gasteiger partial charge in [-0.3, -0.25) is 0 Å². The largest absolute Gasteiger partial charge is 0.350 e. The standard InChI is InChI=1S/C14H26O2/c1-13(2,3)12-6-8-14(9-7-12)15-10-4-5-11-16-14/h12H,4-11H2,1-3H3. The average Bonchev–Trinajstić information content (AvgIpc) is 2.43. The first-order chi connectivity index (χ1) is 7.52. The van der Waals surface area contributed by atoms with E-state index in [1.807, 2.05) is 0 Å². The highest BCUT2D eigenvalue weighted by molar-refractivity contribution is 4.86. The molecule has 2 aliphatic rings. The Labute approximate surface area is 99.7 Å². The predicted molar refractivity (Wildman–Crippen MR) is 65.3 cm³/mol. The van der Waals surface area contributed by atoms with Crippen LogP contribution in [0, 0.1) is 11.3 Å². The molecule has 2 rings (SSSR count). The second kappa shape index (κ2) is 4.66. The van der Waals surface area contributed by atoms with E-state index in [9.17, 15) is 0 Å². The second-order valence-corrected chi connectivity index (χ2v) is 6.46. The Morgan fingerprint density at radius 3 is 1.88 bits per heavy atom. The summed E-state index contributed by atoms with van der Waals surface area (Å²) < 4.78 is 11.9. The van der Waals surface area contributed by atoms with Crippen LogP contribution in [0.25, 0.3) is 0 Å². The molecule has 1 aliphatic carbocycles.